The van der Waals surface area contributed by atoms with Crippen LogP contribution in [0.3, 0.4) is 0 Å². The van der Waals surface area contributed by atoms with E-state index in [4.69, 9.17) is 5.11 Å². The maximum atomic E-state index is 11.2. The zero-order valence-corrected chi connectivity index (χ0v) is 9.09. The van der Waals surface area contributed by atoms with Crippen LogP contribution in [0.2, 0.25) is 0 Å². The van der Waals surface area contributed by atoms with Crippen molar-refractivity contribution in [1.29, 1.82) is 0 Å². The molecule has 5 nitrogen and oxygen atoms in total. The van der Waals surface area contributed by atoms with Crippen molar-refractivity contribution in [3.8, 4) is 0 Å². The third-order valence-electron chi connectivity index (χ3n) is 2.52. The number of aromatic nitrogens is 1. The second-order valence-corrected chi connectivity index (χ2v) is 3.85. The lowest BCUT2D eigenvalue weighted by Crippen LogP contribution is -2.49. The Morgan fingerprint density at radius 3 is 3.00 bits per heavy atom. The van der Waals surface area contributed by atoms with Crippen molar-refractivity contribution in [2.75, 3.05) is 20.2 Å². The Morgan fingerprint density at radius 1 is 1.62 bits per heavy atom. The molecule has 0 aromatic carbocycles. The highest BCUT2D eigenvalue weighted by Crippen LogP contribution is 2.12. The summed E-state index contributed by atoms with van der Waals surface area (Å²) < 4.78 is 4.60. The first-order chi connectivity index (χ1) is 7.69. The van der Waals surface area contributed by atoms with Gasteiger partial charge < -0.3 is 9.84 Å². The van der Waals surface area contributed by atoms with Gasteiger partial charge in [0.1, 0.15) is 5.69 Å². The minimum absolute atomic E-state index is 0.219. The van der Waals surface area contributed by atoms with E-state index in [0.717, 1.165) is 5.69 Å². The van der Waals surface area contributed by atoms with Gasteiger partial charge in [-0.25, -0.2) is 9.78 Å². The number of aliphatic hydroxyl groups is 1. The number of methoxy groups -OCH3 is 1. The van der Waals surface area contributed by atoms with Crippen LogP contribution in [0, 0.1) is 0 Å². The molecule has 1 fully saturated rings. The summed E-state index contributed by atoms with van der Waals surface area (Å²) in [6.45, 7) is 2.00. The first kappa shape index (κ1) is 11.0. The molecule has 1 saturated heterocycles. The fraction of sp³-hybridized carbons (Fsp3) is 0.455. The van der Waals surface area contributed by atoms with Crippen LogP contribution in [0.25, 0.3) is 0 Å². The summed E-state index contributed by atoms with van der Waals surface area (Å²) in [6.07, 6.45) is -0.219. The van der Waals surface area contributed by atoms with E-state index in [2.05, 4.69) is 14.6 Å². The second kappa shape index (κ2) is 4.59. The summed E-state index contributed by atoms with van der Waals surface area (Å²) in [7, 11) is 1.34. The van der Waals surface area contributed by atoms with E-state index in [0.29, 0.717) is 25.3 Å². The van der Waals surface area contributed by atoms with E-state index >= 15 is 0 Å². The number of nitrogens with zero attached hydrogens (tertiary/aromatic N) is 2. The number of likely N-dealkylation sites (tertiary alicyclic amines) is 1. The van der Waals surface area contributed by atoms with Crippen molar-refractivity contribution >= 4 is 5.97 Å². The standard InChI is InChI=1S/C11H14N2O3/c1-16-11(15)10-4-2-3-8(12-10)5-13-6-9(14)7-13/h2-4,9,14H,5-7H2,1H3. The number of ether oxygens (including phenoxy) is 1. The number of aliphatic hydroxyl groups excluding tert-OH is 1. The smallest absolute Gasteiger partial charge is 0.356 e. The molecule has 2 heterocycles. The Kier molecular flexibility index (Phi) is 3.17. The first-order valence-corrected chi connectivity index (χ1v) is 5.13. The van der Waals surface area contributed by atoms with E-state index in [1.807, 2.05) is 6.07 Å². The van der Waals surface area contributed by atoms with Crippen molar-refractivity contribution in [2.24, 2.45) is 0 Å². The predicted octanol–water partition coefficient (Wildman–Crippen LogP) is 0.0447. The van der Waals surface area contributed by atoms with Gasteiger partial charge in [-0.05, 0) is 12.1 Å². The molecule has 0 atom stereocenters. The van der Waals surface area contributed by atoms with Crippen LogP contribution in [-0.2, 0) is 11.3 Å². The van der Waals surface area contributed by atoms with Crippen LogP contribution in [0.1, 0.15) is 16.2 Å². The molecule has 0 amide bonds. The van der Waals surface area contributed by atoms with E-state index in [9.17, 15) is 4.79 Å². The summed E-state index contributed by atoms with van der Waals surface area (Å²) in [5, 5.41) is 9.14. The quantitative estimate of drug-likeness (QED) is 0.732. The minimum Gasteiger partial charge on any atom is -0.464 e. The van der Waals surface area contributed by atoms with Crippen LogP contribution in [0.5, 0.6) is 0 Å². The highest BCUT2D eigenvalue weighted by Gasteiger charge is 2.24. The summed E-state index contributed by atoms with van der Waals surface area (Å²) in [4.78, 5) is 17.5. The topological polar surface area (TPSA) is 62.7 Å². The molecule has 86 valence electrons. The summed E-state index contributed by atoms with van der Waals surface area (Å²) in [5.74, 6) is -0.425. The third-order valence-corrected chi connectivity index (χ3v) is 2.52. The molecule has 1 aliphatic rings. The Labute approximate surface area is 93.7 Å². The van der Waals surface area contributed by atoms with Gasteiger partial charge in [-0.3, -0.25) is 4.90 Å². The molecule has 0 spiro atoms. The number of carbonyl (C=O) groups excluding carboxylic acids is 1. The van der Waals surface area contributed by atoms with E-state index < -0.39 is 5.97 Å². The van der Waals surface area contributed by atoms with Crippen molar-refractivity contribution < 1.29 is 14.6 Å². The molecule has 0 aliphatic carbocycles. The Bertz CT molecular complexity index is 389. The number of hydrogen-bond acceptors (Lipinski definition) is 5. The SMILES string of the molecule is COC(=O)c1cccc(CN2CC(O)C2)n1. The molecule has 16 heavy (non-hydrogen) atoms. The summed E-state index contributed by atoms with van der Waals surface area (Å²) in [6, 6.07) is 5.27. The molecule has 0 saturated carbocycles. The second-order valence-electron chi connectivity index (χ2n) is 3.85. The molecule has 1 N–H and O–H groups in total. The van der Waals surface area contributed by atoms with Crippen molar-refractivity contribution in [2.45, 2.75) is 12.6 Å². The fourth-order valence-electron chi connectivity index (χ4n) is 1.69. The lowest BCUT2D eigenvalue weighted by atomic mass is 10.1. The van der Waals surface area contributed by atoms with Gasteiger partial charge in [-0.1, -0.05) is 6.07 Å². The van der Waals surface area contributed by atoms with Crippen molar-refractivity contribution in [3.63, 3.8) is 0 Å². The molecule has 5 heteroatoms. The average molecular weight is 222 g/mol. The average Bonchev–Trinajstić information content (AvgIpc) is 2.26. The molecule has 2 rings (SSSR count). The molecule has 1 aromatic heterocycles. The highest BCUT2D eigenvalue weighted by molar-refractivity contribution is 5.87. The van der Waals surface area contributed by atoms with Crippen LogP contribution in [0.4, 0.5) is 0 Å². The number of esters is 1. The fourth-order valence-corrected chi connectivity index (χ4v) is 1.69. The maximum absolute atomic E-state index is 11.2. The summed E-state index contributed by atoms with van der Waals surface area (Å²) >= 11 is 0. The Morgan fingerprint density at radius 2 is 2.38 bits per heavy atom. The van der Waals surface area contributed by atoms with Gasteiger partial charge in [0, 0.05) is 19.6 Å². The normalized spacial score (nSPS) is 16.9. The molecular weight excluding hydrogens is 208 g/mol. The molecular formula is C11H14N2O3. The summed E-state index contributed by atoms with van der Waals surface area (Å²) in [5.41, 5.74) is 1.14. The van der Waals surface area contributed by atoms with E-state index in [-0.39, 0.29) is 6.10 Å². The van der Waals surface area contributed by atoms with Gasteiger partial charge in [0.25, 0.3) is 0 Å². The van der Waals surface area contributed by atoms with E-state index in [1.165, 1.54) is 7.11 Å². The predicted molar refractivity (Wildman–Crippen MR) is 56.9 cm³/mol. The van der Waals surface area contributed by atoms with Crippen LogP contribution in [0.15, 0.2) is 18.2 Å². The lowest BCUT2D eigenvalue weighted by molar-refractivity contribution is -0.00361. The molecule has 0 radical (unpaired) electrons. The molecule has 1 aliphatic heterocycles. The molecule has 1 aromatic rings. The lowest BCUT2D eigenvalue weighted by Gasteiger charge is -2.35. The minimum atomic E-state index is -0.425. The van der Waals surface area contributed by atoms with Gasteiger partial charge in [0.05, 0.1) is 18.9 Å². The number of pyridine rings is 1. The van der Waals surface area contributed by atoms with Gasteiger partial charge in [-0.2, -0.15) is 0 Å². The largest absolute Gasteiger partial charge is 0.464 e. The molecule has 0 bridgehead atoms. The van der Waals surface area contributed by atoms with Crippen molar-refractivity contribution in [1.82, 2.24) is 9.88 Å². The first-order valence-electron chi connectivity index (χ1n) is 5.13. The van der Waals surface area contributed by atoms with E-state index in [1.54, 1.807) is 12.1 Å². The van der Waals surface area contributed by atoms with Gasteiger partial charge in [0.15, 0.2) is 0 Å². The monoisotopic (exact) mass is 222 g/mol. The van der Waals surface area contributed by atoms with Gasteiger partial charge in [-0.15, -0.1) is 0 Å². The van der Waals surface area contributed by atoms with Crippen molar-refractivity contribution in [3.05, 3.63) is 29.6 Å². The zero-order chi connectivity index (χ0) is 11.5. The number of rotatable bonds is 3. The van der Waals surface area contributed by atoms with Crippen LogP contribution >= 0.6 is 0 Å². The van der Waals surface area contributed by atoms with Crippen LogP contribution < -0.4 is 0 Å². The molecule has 0 unspecified atom stereocenters. The van der Waals surface area contributed by atoms with Gasteiger partial charge in [0.2, 0.25) is 0 Å². The highest BCUT2D eigenvalue weighted by atomic mass is 16.5. The third kappa shape index (κ3) is 2.37. The number of carbonyl (C=O) groups is 1. The Balaban J connectivity index is 2.02. The zero-order valence-electron chi connectivity index (χ0n) is 9.09. The van der Waals surface area contributed by atoms with Gasteiger partial charge >= 0.3 is 5.97 Å². The van der Waals surface area contributed by atoms with Crippen LogP contribution in [-0.4, -0.2) is 47.3 Å². The maximum Gasteiger partial charge on any atom is 0.356 e. The number of hydrogen-bond donors (Lipinski definition) is 1. The number of β-amino-alcohol motifs (C(OH)–C–C–N with tert-alkyl or cyclic N) is 1. The Hall–Kier alpha value is -1.46.